The molecule has 0 fully saturated rings. The third-order valence-electron chi connectivity index (χ3n) is 4.54. The van der Waals surface area contributed by atoms with E-state index in [0.29, 0.717) is 17.3 Å². The average Bonchev–Trinajstić information content (AvgIpc) is 3.10. The highest BCUT2D eigenvalue weighted by Crippen LogP contribution is 2.29. The third kappa shape index (κ3) is 3.46. The highest BCUT2D eigenvalue weighted by atomic mass is 32.1. The fourth-order valence-corrected chi connectivity index (χ4v) is 3.88. The van der Waals surface area contributed by atoms with Crippen molar-refractivity contribution in [1.29, 1.82) is 0 Å². The predicted molar refractivity (Wildman–Crippen MR) is 97.6 cm³/mol. The summed E-state index contributed by atoms with van der Waals surface area (Å²) in [5.41, 5.74) is 7.46. The lowest BCUT2D eigenvalue weighted by Crippen LogP contribution is -2.32. The molecule has 1 aliphatic carbocycles. The highest BCUT2D eigenvalue weighted by Gasteiger charge is 2.19. The first-order chi connectivity index (χ1) is 12.2. The van der Waals surface area contributed by atoms with Crippen molar-refractivity contribution >= 4 is 34.0 Å². The van der Waals surface area contributed by atoms with Gasteiger partial charge in [0, 0.05) is 23.8 Å². The molecule has 0 saturated carbocycles. The molecule has 2 aliphatic rings. The molecule has 2 aromatic rings. The Morgan fingerprint density at radius 2 is 1.96 bits per heavy atom. The van der Waals surface area contributed by atoms with Crippen LogP contribution in [-0.4, -0.2) is 22.5 Å². The van der Waals surface area contributed by atoms with E-state index in [1.54, 1.807) is 0 Å². The van der Waals surface area contributed by atoms with Crippen LogP contribution in [0.4, 0.5) is 5.13 Å². The van der Waals surface area contributed by atoms with Gasteiger partial charge in [-0.15, -0.1) is 11.3 Å². The molecule has 1 aromatic carbocycles. The Kier molecular flexibility index (Phi) is 4.31. The minimum Gasteiger partial charge on any atom is -0.297 e. The summed E-state index contributed by atoms with van der Waals surface area (Å²) in [6.07, 6.45) is 5.43. The molecule has 128 valence electrons. The van der Waals surface area contributed by atoms with Crippen LogP contribution in [0.15, 0.2) is 28.7 Å². The fraction of sp³-hybridized carbons (Fsp3) is 0.333. The van der Waals surface area contributed by atoms with Crippen LogP contribution in [0.2, 0.25) is 0 Å². The summed E-state index contributed by atoms with van der Waals surface area (Å²) in [6.45, 7) is 0. The fourth-order valence-electron chi connectivity index (χ4n) is 3.16. The van der Waals surface area contributed by atoms with Crippen LogP contribution in [0.3, 0.4) is 0 Å². The van der Waals surface area contributed by atoms with Crippen LogP contribution in [-0.2, 0) is 22.4 Å². The van der Waals surface area contributed by atoms with Crippen LogP contribution in [0.25, 0.3) is 11.3 Å². The molecule has 0 spiro atoms. The molecule has 2 N–H and O–H groups in total. The van der Waals surface area contributed by atoms with E-state index in [1.807, 2.05) is 5.38 Å². The average molecular weight is 354 g/mol. The molecule has 1 aliphatic heterocycles. The summed E-state index contributed by atoms with van der Waals surface area (Å²) in [5.74, 6) is -0.480. The molecule has 25 heavy (non-hydrogen) atoms. The van der Waals surface area contributed by atoms with E-state index in [4.69, 9.17) is 0 Å². The number of hydrogen-bond acceptors (Lipinski definition) is 5. The summed E-state index contributed by atoms with van der Waals surface area (Å²) in [6, 6.07) is 6.52. The zero-order chi connectivity index (χ0) is 17.2. The topological polar surface area (TPSA) is 83.5 Å². The number of fused-ring (bicyclic) bond motifs is 1. The number of aryl methyl sites for hydroxylation is 2. The number of carbonyl (C=O) groups is 2. The second kappa shape index (κ2) is 6.76. The van der Waals surface area contributed by atoms with Gasteiger partial charge in [0.2, 0.25) is 5.91 Å². The summed E-state index contributed by atoms with van der Waals surface area (Å²) >= 11 is 1.39. The lowest BCUT2D eigenvalue weighted by Gasteiger charge is -2.16. The lowest BCUT2D eigenvalue weighted by atomic mass is 9.90. The molecule has 7 heteroatoms. The first kappa shape index (κ1) is 16.0. The van der Waals surface area contributed by atoms with Gasteiger partial charge in [0.15, 0.2) is 5.13 Å². The molecular weight excluding hydrogens is 336 g/mol. The second-order valence-electron chi connectivity index (χ2n) is 6.28. The van der Waals surface area contributed by atoms with E-state index in [9.17, 15) is 9.59 Å². The number of aromatic nitrogens is 1. The maximum Gasteiger partial charge on any atom is 0.273 e. The standard InChI is InChI=1S/C18H18N4O2S/c23-16-8-7-14(21-22-16)17(24)20-18-19-15(10-25-18)13-6-5-11-3-1-2-4-12(11)9-13/h5-6,9-10H,1-4,7-8H2,(H,22,23)(H,19,20,24). The lowest BCUT2D eigenvalue weighted by molar-refractivity contribution is -0.121. The Bertz CT molecular complexity index is 872. The molecule has 4 rings (SSSR count). The van der Waals surface area contributed by atoms with Crippen LogP contribution in [0, 0.1) is 0 Å². The van der Waals surface area contributed by atoms with Gasteiger partial charge in [0.25, 0.3) is 5.91 Å². The van der Waals surface area contributed by atoms with Gasteiger partial charge in [0.1, 0.15) is 5.71 Å². The zero-order valence-corrected chi connectivity index (χ0v) is 14.5. The van der Waals surface area contributed by atoms with Crippen molar-refractivity contribution in [1.82, 2.24) is 10.4 Å². The number of hydrogen-bond donors (Lipinski definition) is 2. The number of hydrazone groups is 1. The number of anilines is 1. The number of benzene rings is 1. The van der Waals surface area contributed by atoms with Gasteiger partial charge in [0.05, 0.1) is 5.69 Å². The number of amides is 2. The monoisotopic (exact) mass is 354 g/mol. The Morgan fingerprint density at radius 1 is 1.12 bits per heavy atom. The van der Waals surface area contributed by atoms with Crippen molar-refractivity contribution in [3.8, 4) is 11.3 Å². The van der Waals surface area contributed by atoms with Crippen molar-refractivity contribution < 1.29 is 9.59 Å². The summed E-state index contributed by atoms with van der Waals surface area (Å²) in [4.78, 5) is 27.8. The summed E-state index contributed by atoms with van der Waals surface area (Å²) in [5, 5.41) is 9.06. The van der Waals surface area contributed by atoms with Gasteiger partial charge in [-0.3, -0.25) is 14.9 Å². The van der Waals surface area contributed by atoms with E-state index in [2.05, 4.69) is 39.0 Å². The van der Waals surface area contributed by atoms with E-state index < -0.39 is 0 Å². The van der Waals surface area contributed by atoms with Crippen molar-refractivity contribution in [2.75, 3.05) is 5.32 Å². The highest BCUT2D eigenvalue weighted by molar-refractivity contribution is 7.14. The summed E-state index contributed by atoms with van der Waals surface area (Å²) in [7, 11) is 0. The Morgan fingerprint density at radius 3 is 2.76 bits per heavy atom. The smallest absolute Gasteiger partial charge is 0.273 e. The van der Waals surface area contributed by atoms with Crippen LogP contribution in [0.5, 0.6) is 0 Å². The minimum absolute atomic E-state index is 0.166. The van der Waals surface area contributed by atoms with Crippen LogP contribution in [0.1, 0.15) is 36.8 Å². The molecule has 0 saturated heterocycles. The normalized spacial score (nSPS) is 16.6. The van der Waals surface area contributed by atoms with E-state index in [0.717, 1.165) is 24.1 Å². The first-order valence-electron chi connectivity index (χ1n) is 8.43. The second-order valence-corrected chi connectivity index (χ2v) is 7.13. The predicted octanol–water partition coefficient (Wildman–Crippen LogP) is 2.89. The molecule has 1 aromatic heterocycles. The van der Waals surface area contributed by atoms with Gasteiger partial charge >= 0.3 is 0 Å². The van der Waals surface area contributed by atoms with Crippen LogP contribution >= 0.6 is 11.3 Å². The zero-order valence-electron chi connectivity index (χ0n) is 13.7. The Hall–Kier alpha value is -2.54. The molecular formula is C18H18N4O2S. The molecule has 0 atom stereocenters. The van der Waals surface area contributed by atoms with Gasteiger partial charge < -0.3 is 0 Å². The van der Waals surface area contributed by atoms with E-state index >= 15 is 0 Å². The molecule has 0 bridgehead atoms. The Labute approximate surface area is 149 Å². The van der Waals surface area contributed by atoms with Crippen molar-refractivity contribution in [3.05, 3.63) is 34.7 Å². The minimum atomic E-state index is -0.314. The first-order valence-corrected chi connectivity index (χ1v) is 9.31. The van der Waals surface area contributed by atoms with Gasteiger partial charge in [-0.25, -0.2) is 10.4 Å². The Balaban J connectivity index is 1.49. The van der Waals surface area contributed by atoms with Crippen molar-refractivity contribution in [2.24, 2.45) is 5.10 Å². The maximum atomic E-state index is 12.2. The molecule has 2 heterocycles. The van der Waals surface area contributed by atoms with E-state index in [1.165, 1.54) is 35.3 Å². The molecule has 0 radical (unpaired) electrons. The number of rotatable bonds is 3. The van der Waals surface area contributed by atoms with Crippen molar-refractivity contribution in [2.45, 2.75) is 38.5 Å². The number of thiazole rings is 1. The van der Waals surface area contributed by atoms with Crippen LogP contribution < -0.4 is 10.7 Å². The van der Waals surface area contributed by atoms with Gasteiger partial charge in [-0.2, -0.15) is 5.10 Å². The van der Waals surface area contributed by atoms with Crippen molar-refractivity contribution in [3.63, 3.8) is 0 Å². The number of carbonyl (C=O) groups excluding carboxylic acids is 2. The molecule has 2 amide bonds. The number of nitrogens with one attached hydrogen (secondary N) is 2. The third-order valence-corrected chi connectivity index (χ3v) is 5.29. The van der Waals surface area contributed by atoms with E-state index in [-0.39, 0.29) is 18.2 Å². The van der Waals surface area contributed by atoms with Gasteiger partial charge in [-0.1, -0.05) is 12.1 Å². The molecule has 0 unspecified atom stereocenters. The molecule has 6 nitrogen and oxygen atoms in total. The SMILES string of the molecule is O=C1CCC(C(=O)Nc2nc(-c3ccc4c(c3)CCCC4)cs2)=NN1. The summed E-state index contributed by atoms with van der Waals surface area (Å²) < 4.78 is 0. The number of nitrogens with zero attached hydrogens (tertiary/aromatic N) is 2. The van der Waals surface area contributed by atoms with Gasteiger partial charge in [-0.05, 0) is 42.9 Å². The quantitative estimate of drug-likeness (QED) is 0.889. The maximum absolute atomic E-state index is 12.2. The largest absolute Gasteiger partial charge is 0.297 e.